The van der Waals surface area contributed by atoms with E-state index in [2.05, 4.69) is 5.10 Å². The highest BCUT2D eigenvalue weighted by molar-refractivity contribution is 6.30. The Balaban J connectivity index is 3.24. The number of nitrogens with zero attached hydrogens (tertiary/aromatic N) is 2. The van der Waals surface area contributed by atoms with Gasteiger partial charge in [-0.1, -0.05) is 11.6 Å². The average molecular weight is 260 g/mol. The summed E-state index contributed by atoms with van der Waals surface area (Å²) in [5.74, 6) is 0. The molecule has 0 amide bonds. The Morgan fingerprint density at radius 2 is 2.06 bits per heavy atom. The van der Waals surface area contributed by atoms with Gasteiger partial charge in [-0.2, -0.15) is 18.3 Å². The zero-order valence-corrected chi connectivity index (χ0v) is 9.11. The van der Waals surface area contributed by atoms with Gasteiger partial charge in [0.15, 0.2) is 5.69 Å². The average Bonchev–Trinajstić information content (AvgIpc) is 2.43. The van der Waals surface area contributed by atoms with Crippen molar-refractivity contribution in [3.05, 3.63) is 16.4 Å². The van der Waals surface area contributed by atoms with Crippen LogP contribution in [0.4, 0.5) is 17.6 Å². The van der Waals surface area contributed by atoms with Gasteiger partial charge in [0.05, 0.1) is 5.56 Å². The maximum Gasteiger partial charge on any atom is 0.435 e. The van der Waals surface area contributed by atoms with Crippen LogP contribution in [-0.2, 0) is 13.2 Å². The smallest absolute Gasteiger partial charge is 0.330 e. The molecule has 1 rings (SSSR count). The molecule has 1 aromatic rings. The van der Waals surface area contributed by atoms with Gasteiger partial charge >= 0.3 is 6.18 Å². The minimum atomic E-state index is -4.72. The lowest BCUT2D eigenvalue weighted by molar-refractivity contribution is -0.142. The molecule has 1 heterocycles. The standard InChI is InChI=1S/C8H10ClF4N3/c1-16-7(9)5(4(10)2-3-14)6(15-16)8(11,12)13/h4H,2-3,14H2,1H3. The maximum absolute atomic E-state index is 13.5. The van der Waals surface area contributed by atoms with Crippen LogP contribution in [0.5, 0.6) is 0 Å². The Morgan fingerprint density at radius 1 is 1.50 bits per heavy atom. The van der Waals surface area contributed by atoms with Gasteiger partial charge in [0, 0.05) is 7.05 Å². The molecular weight excluding hydrogens is 250 g/mol. The number of aromatic nitrogens is 2. The molecule has 0 fully saturated rings. The summed E-state index contributed by atoms with van der Waals surface area (Å²) in [6.45, 7) is -0.0658. The number of nitrogens with two attached hydrogens (primary N) is 1. The number of hydrogen-bond acceptors (Lipinski definition) is 2. The molecule has 92 valence electrons. The third-order valence-corrected chi connectivity index (χ3v) is 2.46. The van der Waals surface area contributed by atoms with Crippen LogP contribution in [0.2, 0.25) is 5.15 Å². The Morgan fingerprint density at radius 3 is 2.50 bits per heavy atom. The predicted octanol–water partition coefficient (Wildman–Crippen LogP) is 2.45. The SMILES string of the molecule is Cn1nc(C(F)(F)F)c(C(F)CCN)c1Cl. The Hall–Kier alpha value is -0.820. The summed E-state index contributed by atoms with van der Waals surface area (Å²) >= 11 is 5.57. The van der Waals surface area contributed by atoms with Crippen LogP contribution < -0.4 is 5.73 Å². The van der Waals surface area contributed by atoms with Gasteiger partial charge in [-0.3, -0.25) is 4.68 Å². The number of halogens is 5. The first-order chi connectivity index (χ1) is 7.29. The Bertz CT molecular complexity index is 374. The molecule has 0 spiro atoms. The summed E-state index contributed by atoms with van der Waals surface area (Å²) in [5.41, 5.74) is 3.16. The van der Waals surface area contributed by atoms with E-state index in [1.54, 1.807) is 0 Å². The van der Waals surface area contributed by atoms with Crippen LogP contribution >= 0.6 is 11.6 Å². The molecule has 1 unspecified atom stereocenters. The van der Waals surface area contributed by atoms with E-state index in [1.807, 2.05) is 0 Å². The lowest BCUT2D eigenvalue weighted by Gasteiger charge is -2.09. The molecule has 0 saturated heterocycles. The summed E-state index contributed by atoms with van der Waals surface area (Å²) in [7, 11) is 1.22. The first-order valence-corrected chi connectivity index (χ1v) is 4.80. The van der Waals surface area contributed by atoms with E-state index >= 15 is 0 Å². The number of aryl methyl sites for hydroxylation is 1. The summed E-state index contributed by atoms with van der Waals surface area (Å²) in [6, 6.07) is 0. The normalized spacial score (nSPS) is 14.2. The molecule has 2 N–H and O–H groups in total. The lowest BCUT2D eigenvalue weighted by atomic mass is 10.1. The monoisotopic (exact) mass is 259 g/mol. The van der Waals surface area contributed by atoms with Crippen LogP contribution in [-0.4, -0.2) is 16.3 Å². The molecule has 0 aliphatic heterocycles. The van der Waals surface area contributed by atoms with Crippen molar-refractivity contribution in [2.24, 2.45) is 12.8 Å². The Kier molecular flexibility index (Phi) is 3.80. The van der Waals surface area contributed by atoms with Crippen LogP contribution in [0.25, 0.3) is 0 Å². The number of alkyl halides is 4. The topological polar surface area (TPSA) is 43.8 Å². The van der Waals surface area contributed by atoms with Crippen molar-refractivity contribution in [2.45, 2.75) is 18.8 Å². The second kappa shape index (κ2) is 4.58. The van der Waals surface area contributed by atoms with E-state index in [1.165, 1.54) is 7.05 Å². The summed E-state index contributed by atoms with van der Waals surface area (Å²) in [5, 5.41) is 2.81. The van der Waals surface area contributed by atoms with Gasteiger partial charge in [0.2, 0.25) is 0 Å². The van der Waals surface area contributed by atoms with E-state index < -0.39 is 23.6 Å². The lowest BCUT2D eigenvalue weighted by Crippen LogP contribution is -2.12. The van der Waals surface area contributed by atoms with Gasteiger partial charge in [0.25, 0.3) is 0 Å². The van der Waals surface area contributed by atoms with Crippen molar-refractivity contribution in [3.8, 4) is 0 Å². The maximum atomic E-state index is 13.5. The molecule has 1 aromatic heterocycles. The first-order valence-electron chi connectivity index (χ1n) is 4.42. The van der Waals surface area contributed by atoms with Crippen molar-refractivity contribution >= 4 is 11.6 Å². The largest absolute Gasteiger partial charge is 0.435 e. The fraction of sp³-hybridized carbons (Fsp3) is 0.625. The highest BCUT2D eigenvalue weighted by atomic mass is 35.5. The van der Waals surface area contributed by atoms with Crippen LogP contribution in [0, 0.1) is 0 Å². The van der Waals surface area contributed by atoms with Gasteiger partial charge in [-0.15, -0.1) is 0 Å². The molecule has 3 nitrogen and oxygen atoms in total. The van der Waals surface area contributed by atoms with Crippen LogP contribution in [0.3, 0.4) is 0 Å². The minimum Gasteiger partial charge on any atom is -0.330 e. The van der Waals surface area contributed by atoms with Gasteiger partial charge in [-0.25, -0.2) is 4.39 Å². The zero-order valence-electron chi connectivity index (χ0n) is 8.35. The van der Waals surface area contributed by atoms with Crippen molar-refractivity contribution in [1.29, 1.82) is 0 Å². The van der Waals surface area contributed by atoms with E-state index in [0.29, 0.717) is 0 Å². The molecule has 0 saturated carbocycles. The highest BCUT2D eigenvalue weighted by Crippen LogP contribution is 2.39. The first kappa shape index (κ1) is 13.2. The molecule has 0 radical (unpaired) electrons. The van der Waals surface area contributed by atoms with E-state index in [0.717, 1.165) is 4.68 Å². The molecule has 0 bridgehead atoms. The molecular formula is C8H10ClF4N3. The fourth-order valence-corrected chi connectivity index (χ4v) is 1.54. The van der Waals surface area contributed by atoms with Crippen molar-refractivity contribution in [1.82, 2.24) is 9.78 Å². The number of rotatable bonds is 3. The van der Waals surface area contributed by atoms with Gasteiger partial charge in [0.1, 0.15) is 11.3 Å². The summed E-state index contributed by atoms with van der Waals surface area (Å²) in [6.07, 6.45) is -6.81. The van der Waals surface area contributed by atoms with Gasteiger partial charge < -0.3 is 5.73 Å². The second-order valence-corrected chi connectivity index (χ2v) is 3.58. The highest BCUT2D eigenvalue weighted by Gasteiger charge is 2.40. The summed E-state index contributed by atoms with van der Waals surface area (Å²) in [4.78, 5) is 0. The van der Waals surface area contributed by atoms with Gasteiger partial charge in [-0.05, 0) is 13.0 Å². The molecule has 8 heteroatoms. The van der Waals surface area contributed by atoms with E-state index in [-0.39, 0.29) is 18.1 Å². The molecule has 0 aliphatic rings. The zero-order chi connectivity index (χ0) is 12.5. The summed E-state index contributed by atoms with van der Waals surface area (Å²) < 4.78 is 51.8. The predicted molar refractivity (Wildman–Crippen MR) is 50.7 cm³/mol. The molecule has 1 atom stereocenters. The van der Waals surface area contributed by atoms with Crippen molar-refractivity contribution in [3.63, 3.8) is 0 Å². The molecule has 0 aliphatic carbocycles. The minimum absolute atomic E-state index is 0.0658. The van der Waals surface area contributed by atoms with Crippen molar-refractivity contribution < 1.29 is 17.6 Å². The van der Waals surface area contributed by atoms with Crippen LogP contribution in [0.15, 0.2) is 0 Å². The third-order valence-electron chi connectivity index (χ3n) is 2.01. The third kappa shape index (κ3) is 2.46. The van der Waals surface area contributed by atoms with Crippen molar-refractivity contribution in [2.75, 3.05) is 6.54 Å². The number of hydrogen-bond donors (Lipinski definition) is 1. The molecule has 0 aromatic carbocycles. The quantitative estimate of drug-likeness (QED) is 0.848. The van der Waals surface area contributed by atoms with Crippen LogP contribution in [0.1, 0.15) is 23.8 Å². The van der Waals surface area contributed by atoms with E-state index in [4.69, 9.17) is 17.3 Å². The molecule has 16 heavy (non-hydrogen) atoms. The van der Waals surface area contributed by atoms with E-state index in [9.17, 15) is 17.6 Å². The second-order valence-electron chi connectivity index (χ2n) is 3.22. The Labute approximate surface area is 94.2 Å². The fourth-order valence-electron chi connectivity index (χ4n) is 1.30.